The van der Waals surface area contributed by atoms with Crippen molar-refractivity contribution in [2.75, 3.05) is 74.0 Å². The molecule has 388 valence electrons. The van der Waals surface area contributed by atoms with Crippen molar-refractivity contribution in [1.82, 2.24) is 39.7 Å². The molecule has 3 aromatic rings. The molecule has 0 amide bonds. The Morgan fingerprint density at radius 1 is 0.859 bits per heavy atom. The number of terminal acetylenes is 1. The van der Waals surface area contributed by atoms with Gasteiger partial charge in [-0.2, -0.15) is 15.3 Å². The van der Waals surface area contributed by atoms with Crippen molar-refractivity contribution < 1.29 is 67.5 Å². The SMILES string of the molecule is C.C#CC(=O)OCC.CCOC(=O)c1cc2n(n1)CCS2.CCOC(=O)c1cnn2c1SCC2.O=C(O)C1NCCS1.O=C1ON=[N+]2CCSC12.O=Cc1cc2n(n1)CCS2.O=NN1CCSC1C(=O)O. The Morgan fingerprint density at radius 3 is 2.03 bits per heavy atom. The summed E-state index contributed by atoms with van der Waals surface area (Å²) in [5.74, 6) is 4.31. The van der Waals surface area contributed by atoms with Crippen LogP contribution in [0.5, 0.6) is 0 Å². The van der Waals surface area contributed by atoms with Crippen LogP contribution >= 0.6 is 70.6 Å². The highest BCUT2D eigenvalue weighted by atomic mass is 32.2. The Balaban J connectivity index is 0.000000221. The van der Waals surface area contributed by atoms with E-state index in [0.29, 0.717) is 49.1 Å². The van der Waals surface area contributed by atoms with Gasteiger partial charge in [-0.3, -0.25) is 29.0 Å². The van der Waals surface area contributed by atoms with Gasteiger partial charge in [-0.15, -0.1) is 70.1 Å². The number of aromatic nitrogens is 6. The van der Waals surface area contributed by atoms with Gasteiger partial charge in [0.25, 0.3) is 0 Å². The van der Waals surface area contributed by atoms with E-state index >= 15 is 0 Å². The highest BCUT2D eigenvalue weighted by Gasteiger charge is 2.45. The molecule has 3 atom stereocenters. The molecule has 3 N–H and O–H groups in total. The zero-order valence-electron chi connectivity index (χ0n) is 37.9. The fourth-order valence-electron chi connectivity index (χ4n) is 5.84. The molecule has 7 aliphatic heterocycles. The van der Waals surface area contributed by atoms with Crippen LogP contribution in [0.2, 0.25) is 0 Å². The van der Waals surface area contributed by atoms with Crippen LogP contribution in [0.25, 0.3) is 0 Å². The monoisotopic (exact) mass is 1100 g/mol. The maximum absolute atomic E-state index is 11.4. The summed E-state index contributed by atoms with van der Waals surface area (Å²) in [5.41, 5.74) is 1.57. The minimum absolute atomic E-state index is 0. The first-order valence-corrected chi connectivity index (χ1v) is 27.2. The lowest BCUT2D eigenvalue weighted by Crippen LogP contribution is -2.29. The molecule has 3 saturated heterocycles. The van der Waals surface area contributed by atoms with Crippen molar-refractivity contribution in [3.05, 3.63) is 40.2 Å². The second kappa shape index (κ2) is 31.9. The van der Waals surface area contributed by atoms with E-state index in [4.69, 9.17) is 19.7 Å². The number of thioether (sulfide) groups is 6. The lowest BCUT2D eigenvalue weighted by atomic mass is 10.4. The molecule has 10 rings (SSSR count). The van der Waals surface area contributed by atoms with Crippen LogP contribution in [0.4, 0.5) is 0 Å². The molecule has 71 heavy (non-hydrogen) atoms. The molecule has 0 bridgehead atoms. The summed E-state index contributed by atoms with van der Waals surface area (Å²) in [5, 5.41) is 40.9. The van der Waals surface area contributed by atoms with E-state index in [9.17, 15) is 38.5 Å². The summed E-state index contributed by atoms with van der Waals surface area (Å²) < 4.78 is 21.3. The number of nitrogens with one attached hydrogen (secondary N) is 1. The predicted octanol–water partition coefficient (Wildman–Crippen LogP) is 3.81. The van der Waals surface area contributed by atoms with E-state index in [2.05, 4.69) is 47.2 Å². The molecule has 7 aliphatic rings. The van der Waals surface area contributed by atoms with E-state index < -0.39 is 23.3 Å². The average molecular weight is 1110 g/mol. The summed E-state index contributed by atoms with van der Waals surface area (Å²) >= 11 is 9.35. The third-order valence-corrected chi connectivity index (χ3v) is 15.5. The number of hydrogen-bond acceptors (Lipinski definition) is 24. The van der Waals surface area contributed by atoms with Crippen LogP contribution in [-0.2, 0) is 57.9 Å². The Hall–Kier alpha value is -5.26. The van der Waals surface area contributed by atoms with Crippen molar-refractivity contribution >= 4 is 113 Å². The number of hydrogen-bond donors (Lipinski definition) is 3. The first kappa shape index (κ1) is 60.0. The second-order valence-corrected chi connectivity index (χ2v) is 20.4. The van der Waals surface area contributed by atoms with Crippen LogP contribution in [0.15, 0.2) is 44.0 Å². The van der Waals surface area contributed by atoms with Gasteiger partial charge >= 0.3 is 41.2 Å². The van der Waals surface area contributed by atoms with Crippen molar-refractivity contribution in [3.8, 4) is 12.3 Å². The topological polar surface area (TPSA) is 310 Å². The van der Waals surface area contributed by atoms with Gasteiger partial charge in [-0.25, -0.2) is 33.8 Å². The summed E-state index contributed by atoms with van der Waals surface area (Å²) in [4.78, 5) is 88.2. The summed E-state index contributed by atoms with van der Waals surface area (Å²) in [6.07, 6.45) is 7.00. The van der Waals surface area contributed by atoms with E-state index in [1.807, 2.05) is 20.1 Å². The number of ether oxygens (including phenoxy) is 3. The number of aldehydes is 1. The molecule has 0 radical (unpaired) electrons. The number of esters is 3. The molecule has 3 unspecified atom stereocenters. The summed E-state index contributed by atoms with van der Waals surface area (Å²) in [6.45, 7) is 11.3. The zero-order valence-corrected chi connectivity index (χ0v) is 42.8. The van der Waals surface area contributed by atoms with Crippen LogP contribution in [-0.4, -0.2) is 181 Å². The van der Waals surface area contributed by atoms with E-state index in [1.54, 1.807) is 90.7 Å². The zero-order chi connectivity index (χ0) is 51.0. The minimum Gasteiger partial charge on any atom is -0.479 e. The highest BCUT2D eigenvalue weighted by Crippen LogP contribution is 2.30. The normalized spacial score (nSPS) is 18.7. The molecule has 0 aliphatic carbocycles. The van der Waals surface area contributed by atoms with Crippen molar-refractivity contribution in [1.29, 1.82) is 0 Å². The Bertz CT molecular complexity index is 2330. The molecule has 0 saturated carbocycles. The smallest absolute Gasteiger partial charge is 0.421 e. The number of nitrogens with zero attached hydrogens (tertiary/aromatic N) is 10. The Morgan fingerprint density at radius 2 is 1.51 bits per heavy atom. The van der Waals surface area contributed by atoms with E-state index in [0.717, 1.165) is 87.9 Å². The lowest BCUT2D eigenvalue weighted by molar-refractivity contribution is -0.586. The number of nitroso groups, excluding NO2 is 1. The summed E-state index contributed by atoms with van der Waals surface area (Å²) in [7, 11) is 0. The average Bonchev–Trinajstić information content (AvgIpc) is 4.18. The largest absolute Gasteiger partial charge is 0.479 e. The number of carboxylic acids is 2. The van der Waals surface area contributed by atoms with Crippen LogP contribution in [0, 0.1) is 17.3 Å². The Labute approximate surface area is 433 Å². The van der Waals surface area contributed by atoms with Gasteiger partial charge in [-0.05, 0) is 20.8 Å². The van der Waals surface area contributed by atoms with Gasteiger partial charge < -0.3 is 24.4 Å². The molecule has 10 heterocycles. The standard InChI is InChI=1S/2C8H10N2O2S.C6H6N2OS.C5H6O2.C4H6N2O3S.C4H5N2O2S.C4H7NO2S.CH4/c1-2-12-8(11)6-5-9-10-3-4-13-7(6)10;1-2-12-8(11)6-5-7-10(9-6)3-4-13-7;9-4-5-3-6-8(7-5)1-2-10-6;1-3-5(6)7-4-2;7-4(8)3-6(5-9)1-2-10-3;7-4-3-6(5-8-4)1-2-9-3;6-4(7)3-5-1-2-8-3;/h2*5H,2-4H2,1H3;3-4H,1-2H2;1H,4H2,2H3;3H,1-2H2,(H,7,8);3H,1-2H2;3,5H,1-2H2,(H,6,7);1H4/q;;;;;+1;;. The summed E-state index contributed by atoms with van der Waals surface area (Å²) in [6, 6.07) is 3.61. The van der Waals surface area contributed by atoms with Crippen molar-refractivity contribution in [3.63, 3.8) is 0 Å². The molecular weight excluding hydrogens is 1050 g/mol. The number of carbonyl (C=O) groups excluding carboxylic acids is 5. The van der Waals surface area contributed by atoms with Gasteiger partial charge in [0.15, 0.2) is 34.6 Å². The number of rotatable bonds is 9. The third kappa shape index (κ3) is 18.7. The van der Waals surface area contributed by atoms with Gasteiger partial charge in [0, 0.05) is 53.4 Å². The molecule has 25 nitrogen and oxygen atoms in total. The molecule has 3 aromatic heterocycles. The van der Waals surface area contributed by atoms with Crippen LogP contribution < -0.4 is 5.32 Å². The highest BCUT2D eigenvalue weighted by molar-refractivity contribution is 8.01. The first-order chi connectivity index (χ1) is 33.8. The van der Waals surface area contributed by atoms with Gasteiger partial charge in [-0.1, -0.05) is 23.9 Å². The van der Waals surface area contributed by atoms with Crippen molar-refractivity contribution in [2.45, 2.75) is 79.0 Å². The fourth-order valence-corrected chi connectivity index (χ4v) is 11.6. The maximum Gasteiger partial charge on any atom is 0.421 e. The molecule has 0 spiro atoms. The number of aryl methyl sites for hydroxylation is 3. The third-order valence-electron chi connectivity index (χ3n) is 8.87. The number of aliphatic carboxylic acids is 2. The van der Waals surface area contributed by atoms with Crippen LogP contribution in [0.3, 0.4) is 0 Å². The lowest BCUT2D eigenvalue weighted by Gasteiger charge is -2.10. The van der Waals surface area contributed by atoms with Crippen molar-refractivity contribution in [2.24, 2.45) is 10.6 Å². The minimum atomic E-state index is -0.998. The number of fused-ring (bicyclic) bond motifs is 4. The van der Waals surface area contributed by atoms with Gasteiger partial charge in [0.05, 0.1) is 73.3 Å². The molecule has 31 heteroatoms. The predicted molar refractivity (Wildman–Crippen MR) is 267 cm³/mol. The number of carboxylic acid groups (broad SMARTS) is 2. The van der Waals surface area contributed by atoms with Gasteiger partial charge in [0.2, 0.25) is 0 Å². The Kier molecular flexibility index (Phi) is 27.0. The number of carbonyl (C=O) groups is 7. The van der Waals surface area contributed by atoms with E-state index in [-0.39, 0.29) is 36.1 Å². The van der Waals surface area contributed by atoms with E-state index in [1.165, 1.54) is 23.5 Å². The first-order valence-electron chi connectivity index (χ1n) is 21.1. The molecule has 3 fully saturated rings. The van der Waals surface area contributed by atoms with Gasteiger partial charge in [0.1, 0.15) is 16.3 Å². The second-order valence-electron chi connectivity index (χ2n) is 13.5. The molecular formula is C40H54N11O14S6+. The fraction of sp³-hybridized carbons (Fsp3) is 0.550. The van der Waals surface area contributed by atoms with Crippen LogP contribution in [0.1, 0.15) is 59.5 Å². The quantitative estimate of drug-likeness (QED) is 0.0522. The molecule has 0 aromatic carbocycles. The maximum atomic E-state index is 11.4.